The Morgan fingerprint density at radius 1 is 1.00 bits per heavy atom. The maximum atomic E-state index is 13.9. The fourth-order valence-electron chi connectivity index (χ4n) is 6.41. The Hall–Kier alpha value is -4.02. The van der Waals surface area contributed by atoms with Crippen molar-refractivity contribution < 1.29 is 32.5 Å². The zero-order valence-electron chi connectivity index (χ0n) is 19.2. The van der Waals surface area contributed by atoms with E-state index in [0.29, 0.717) is 16.7 Å². The molecule has 2 aromatic carbocycles. The molecule has 6 unspecified atom stereocenters. The maximum absolute atomic E-state index is 13.9. The number of benzene rings is 2. The molecular formula is C26H20F3N3O5. The lowest BCUT2D eigenvalue weighted by Crippen LogP contribution is -2.45. The van der Waals surface area contributed by atoms with Crippen LogP contribution in [0.3, 0.4) is 0 Å². The summed E-state index contributed by atoms with van der Waals surface area (Å²) >= 11 is 0. The third kappa shape index (κ3) is 3.55. The molecule has 8 nitrogen and oxygen atoms in total. The van der Waals surface area contributed by atoms with Gasteiger partial charge in [0.2, 0.25) is 11.8 Å². The third-order valence-corrected chi connectivity index (χ3v) is 8.09. The van der Waals surface area contributed by atoms with Gasteiger partial charge in [0.1, 0.15) is 6.67 Å². The molecule has 1 heterocycles. The number of alkyl halides is 3. The van der Waals surface area contributed by atoms with E-state index in [4.69, 9.17) is 0 Å². The van der Waals surface area contributed by atoms with E-state index in [-0.39, 0.29) is 17.4 Å². The molecule has 1 saturated heterocycles. The van der Waals surface area contributed by atoms with Crippen molar-refractivity contribution in [1.29, 1.82) is 0 Å². The van der Waals surface area contributed by atoms with Crippen LogP contribution >= 0.6 is 0 Å². The summed E-state index contributed by atoms with van der Waals surface area (Å²) in [7, 11) is 0. The summed E-state index contributed by atoms with van der Waals surface area (Å²) in [5.41, 5.74) is -2.35. The number of carbonyl (C=O) groups excluding carboxylic acids is 3. The first-order valence-corrected chi connectivity index (χ1v) is 11.8. The fourth-order valence-corrected chi connectivity index (χ4v) is 6.41. The van der Waals surface area contributed by atoms with Crippen molar-refractivity contribution in [3.8, 4) is 0 Å². The minimum absolute atomic E-state index is 0.0927. The number of rotatable bonds is 5. The summed E-state index contributed by atoms with van der Waals surface area (Å²) in [5, 5.41) is 11.2. The van der Waals surface area contributed by atoms with Crippen LogP contribution in [0.2, 0.25) is 0 Å². The Kier molecular flexibility index (Phi) is 5.05. The third-order valence-electron chi connectivity index (χ3n) is 8.09. The van der Waals surface area contributed by atoms with Gasteiger partial charge in [0.25, 0.3) is 11.6 Å². The molecule has 11 heteroatoms. The second kappa shape index (κ2) is 7.99. The first-order valence-electron chi connectivity index (χ1n) is 11.8. The highest BCUT2D eigenvalue weighted by atomic mass is 19.4. The van der Waals surface area contributed by atoms with Crippen LogP contribution in [0, 0.1) is 45.6 Å². The maximum Gasteiger partial charge on any atom is 0.418 e. The molecule has 0 N–H and O–H groups in total. The van der Waals surface area contributed by atoms with Gasteiger partial charge in [0.05, 0.1) is 28.0 Å². The Balaban J connectivity index is 1.40. The van der Waals surface area contributed by atoms with Crippen molar-refractivity contribution in [2.75, 3.05) is 11.6 Å². The molecule has 6 atom stereocenters. The Morgan fingerprint density at radius 3 is 2.22 bits per heavy atom. The molecule has 7 rings (SSSR count). The van der Waals surface area contributed by atoms with E-state index in [1.807, 2.05) is 12.2 Å². The number of anilines is 1. The van der Waals surface area contributed by atoms with E-state index in [1.165, 1.54) is 24.3 Å². The summed E-state index contributed by atoms with van der Waals surface area (Å²) in [6.07, 6.45) is 0.0562. The first-order chi connectivity index (χ1) is 17.6. The summed E-state index contributed by atoms with van der Waals surface area (Å²) in [6, 6.07) is 8.94. The number of carbonyl (C=O) groups is 3. The number of hydrogen-bond donors (Lipinski definition) is 0. The Bertz CT molecular complexity index is 1350. The second-order valence-corrected chi connectivity index (χ2v) is 9.96. The van der Waals surface area contributed by atoms with Gasteiger partial charge in [-0.05, 0) is 48.3 Å². The number of non-ortho nitro benzene ring substituents is 1. The minimum Gasteiger partial charge on any atom is -0.289 e. The molecule has 3 amide bonds. The van der Waals surface area contributed by atoms with Gasteiger partial charge in [0.15, 0.2) is 0 Å². The molecule has 37 heavy (non-hydrogen) atoms. The van der Waals surface area contributed by atoms with Gasteiger partial charge in [-0.1, -0.05) is 30.4 Å². The topological polar surface area (TPSA) is 101 Å². The predicted octanol–water partition coefficient (Wildman–Crippen LogP) is 4.27. The van der Waals surface area contributed by atoms with Gasteiger partial charge in [-0.3, -0.25) is 34.3 Å². The summed E-state index contributed by atoms with van der Waals surface area (Å²) in [6.45, 7) is -0.728. The monoisotopic (exact) mass is 511 g/mol. The van der Waals surface area contributed by atoms with Gasteiger partial charge < -0.3 is 0 Å². The van der Waals surface area contributed by atoms with Gasteiger partial charge in [-0.15, -0.1) is 0 Å². The molecule has 190 valence electrons. The van der Waals surface area contributed by atoms with E-state index < -0.39 is 64.3 Å². The van der Waals surface area contributed by atoms with E-state index in [9.17, 15) is 37.7 Å². The summed E-state index contributed by atoms with van der Waals surface area (Å²) < 4.78 is 41.8. The Morgan fingerprint density at radius 2 is 1.62 bits per heavy atom. The van der Waals surface area contributed by atoms with Gasteiger partial charge >= 0.3 is 6.18 Å². The van der Waals surface area contributed by atoms with Crippen molar-refractivity contribution in [2.24, 2.45) is 35.5 Å². The van der Waals surface area contributed by atoms with Gasteiger partial charge in [-0.2, -0.15) is 13.2 Å². The van der Waals surface area contributed by atoms with Crippen molar-refractivity contribution in [2.45, 2.75) is 12.6 Å². The number of likely N-dealkylation sites (tertiary alicyclic amines) is 1. The smallest absolute Gasteiger partial charge is 0.289 e. The lowest BCUT2D eigenvalue weighted by Gasteiger charge is -2.37. The summed E-state index contributed by atoms with van der Waals surface area (Å²) in [4.78, 5) is 52.7. The molecular weight excluding hydrogens is 491 g/mol. The normalized spacial score (nSPS) is 29.2. The number of halogens is 3. The van der Waals surface area contributed by atoms with E-state index in [1.54, 1.807) is 0 Å². The number of nitro groups is 1. The molecule has 3 fully saturated rings. The molecule has 2 saturated carbocycles. The first kappa shape index (κ1) is 23.4. The highest BCUT2D eigenvalue weighted by Crippen LogP contribution is 2.65. The lowest BCUT2D eigenvalue weighted by atomic mass is 9.63. The predicted molar refractivity (Wildman–Crippen MR) is 123 cm³/mol. The number of allylic oxidation sites excluding steroid dienone is 2. The van der Waals surface area contributed by atoms with E-state index >= 15 is 0 Å². The molecule has 4 aliphatic carbocycles. The van der Waals surface area contributed by atoms with Crippen LogP contribution in [0.4, 0.5) is 24.5 Å². The second-order valence-electron chi connectivity index (χ2n) is 9.96. The molecule has 2 bridgehead atoms. The zero-order valence-corrected chi connectivity index (χ0v) is 19.2. The van der Waals surface area contributed by atoms with Crippen LogP contribution in [-0.4, -0.2) is 34.2 Å². The summed E-state index contributed by atoms with van der Waals surface area (Å²) in [5.74, 6) is -2.68. The average molecular weight is 511 g/mol. The minimum atomic E-state index is -4.84. The molecule has 0 radical (unpaired) electrons. The molecule has 0 aromatic heterocycles. The quantitative estimate of drug-likeness (QED) is 0.258. The van der Waals surface area contributed by atoms with Gasteiger partial charge in [-0.25, -0.2) is 0 Å². The van der Waals surface area contributed by atoms with Crippen molar-refractivity contribution in [1.82, 2.24) is 4.90 Å². The number of nitro benzene ring substituents is 1. The largest absolute Gasteiger partial charge is 0.418 e. The number of amides is 3. The van der Waals surface area contributed by atoms with Crippen LogP contribution in [0.1, 0.15) is 22.3 Å². The lowest BCUT2D eigenvalue weighted by molar-refractivity contribution is -0.384. The van der Waals surface area contributed by atoms with E-state index in [2.05, 4.69) is 0 Å². The van der Waals surface area contributed by atoms with Crippen LogP contribution < -0.4 is 4.90 Å². The molecule has 1 aliphatic heterocycles. The SMILES string of the molecule is O=C1C2C3C=CC(C4CC34)C2C(=O)N1CN(C(=O)c1cccc([N+](=O)[O-])c1)c1ccccc1C(F)(F)F. The molecule has 2 aromatic rings. The van der Waals surface area contributed by atoms with E-state index in [0.717, 1.165) is 35.6 Å². The zero-order chi connectivity index (χ0) is 26.2. The molecule has 0 spiro atoms. The van der Waals surface area contributed by atoms with Crippen LogP contribution in [0.15, 0.2) is 60.7 Å². The van der Waals surface area contributed by atoms with Crippen molar-refractivity contribution in [3.05, 3.63) is 81.9 Å². The number of nitrogens with zero attached hydrogens (tertiary/aromatic N) is 3. The molecule has 5 aliphatic rings. The van der Waals surface area contributed by atoms with Gasteiger partial charge in [0, 0.05) is 17.7 Å². The van der Waals surface area contributed by atoms with Crippen molar-refractivity contribution >= 4 is 29.1 Å². The van der Waals surface area contributed by atoms with Crippen LogP contribution in [0.5, 0.6) is 0 Å². The average Bonchev–Trinajstić information content (AvgIpc) is 3.66. The standard InChI is InChI=1S/C26H20F3N3O5/c27-26(28,29)19-6-1-2-7-20(19)30(23(33)13-4-3-5-14(10-13)32(36)37)12-31-24(34)21-15-8-9-16(18-11-17(15)18)22(21)25(31)35/h1-10,15-18,21-22H,11-12H2. The fraction of sp³-hybridized carbons (Fsp3) is 0.346. The highest BCUT2D eigenvalue weighted by Gasteiger charge is 2.67. The number of para-hydroxylation sites is 1. The number of imide groups is 1. The van der Waals surface area contributed by atoms with Crippen molar-refractivity contribution in [3.63, 3.8) is 0 Å². The Labute approximate surface area is 208 Å². The van der Waals surface area contributed by atoms with Crippen LogP contribution in [0.25, 0.3) is 0 Å². The highest BCUT2D eigenvalue weighted by molar-refractivity contribution is 6.10. The number of hydrogen-bond acceptors (Lipinski definition) is 5. The van der Waals surface area contributed by atoms with Crippen LogP contribution in [-0.2, 0) is 15.8 Å².